The summed E-state index contributed by atoms with van der Waals surface area (Å²) in [4.78, 5) is 23.7. The third-order valence-corrected chi connectivity index (χ3v) is 5.84. The molecule has 0 aliphatic rings. The molecule has 36 heavy (non-hydrogen) atoms. The van der Waals surface area contributed by atoms with Crippen LogP contribution in [0.5, 0.6) is 5.75 Å². The predicted octanol–water partition coefficient (Wildman–Crippen LogP) is 6.55. The van der Waals surface area contributed by atoms with Gasteiger partial charge in [-0.2, -0.15) is 0 Å². The van der Waals surface area contributed by atoms with Crippen molar-refractivity contribution in [2.75, 3.05) is 19.8 Å². The second-order valence-corrected chi connectivity index (χ2v) is 8.46. The van der Waals surface area contributed by atoms with Gasteiger partial charge in [0.05, 0.1) is 6.61 Å². The van der Waals surface area contributed by atoms with Gasteiger partial charge in [0.1, 0.15) is 12.4 Å². The summed E-state index contributed by atoms with van der Waals surface area (Å²) in [6.45, 7) is 8.51. The molecule has 1 atom stereocenters. The van der Waals surface area contributed by atoms with E-state index in [0.29, 0.717) is 31.8 Å². The highest BCUT2D eigenvalue weighted by Crippen LogP contribution is 2.24. The van der Waals surface area contributed by atoms with Gasteiger partial charge in [0.25, 0.3) is 0 Å². The summed E-state index contributed by atoms with van der Waals surface area (Å²) in [5.41, 5.74) is 6.02. The Bertz CT molecular complexity index is 1180. The SMILES string of the molecule is CCOC(=O)[C@H](Cc1ccc(OCC=C(C)c2ccc(-c3cccc(C(C)=O)c3)cc2)cc1)OCC. The van der Waals surface area contributed by atoms with Crippen LogP contribution in [-0.2, 0) is 20.7 Å². The van der Waals surface area contributed by atoms with E-state index in [1.54, 1.807) is 13.8 Å². The minimum absolute atomic E-state index is 0.0632. The number of allylic oxidation sites excluding steroid dienone is 1. The number of ether oxygens (including phenoxy) is 3. The van der Waals surface area contributed by atoms with Crippen molar-refractivity contribution < 1.29 is 23.8 Å². The molecule has 0 radical (unpaired) electrons. The molecule has 0 spiro atoms. The number of rotatable bonds is 12. The van der Waals surface area contributed by atoms with Crippen molar-refractivity contribution in [1.82, 2.24) is 0 Å². The minimum Gasteiger partial charge on any atom is -0.490 e. The topological polar surface area (TPSA) is 61.8 Å². The van der Waals surface area contributed by atoms with Gasteiger partial charge < -0.3 is 14.2 Å². The monoisotopic (exact) mass is 486 g/mol. The molecule has 0 heterocycles. The molecule has 0 amide bonds. The molecule has 0 aliphatic heterocycles. The van der Waals surface area contributed by atoms with E-state index in [0.717, 1.165) is 33.6 Å². The van der Waals surface area contributed by atoms with Crippen LogP contribution in [-0.4, -0.2) is 37.7 Å². The molecular formula is C31H34O5. The lowest BCUT2D eigenvalue weighted by atomic mass is 9.99. The second-order valence-electron chi connectivity index (χ2n) is 8.46. The summed E-state index contributed by atoms with van der Waals surface area (Å²) in [6, 6.07) is 23.7. The number of carbonyl (C=O) groups excluding carboxylic acids is 2. The summed E-state index contributed by atoms with van der Waals surface area (Å²) in [5, 5.41) is 0. The molecule has 3 rings (SSSR count). The Hall–Kier alpha value is -3.70. The van der Waals surface area contributed by atoms with Crippen LogP contribution in [0.15, 0.2) is 78.9 Å². The van der Waals surface area contributed by atoms with E-state index in [4.69, 9.17) is 14.2 Å². The van der Waals surface area contributed by atoms with Crippen molar-refractivity contribution in [3.63, 3.8) is 0 Å². The number of hydrogen-bond acceptors (Lipinski definition) is 5. The van der Waals surface area contributed by atoms with Crippen LogP contribution in [0.4, 0.5) is 0 Å². The number of benzene rings is 3. The van der Waals surface area contributed by atoms with E-state index in [2.05, 4.69) is 31.2 Å². The minimum atomic E-state index is -0.600. The van der Waals surface area contributed by atoms with Gasteiger partial charge in [-0.1, -0.05) is 54.6 Å². The Morgan fingerprint density at radius 1 is 0.833 bits per heavy atom. The maximum atomic E-state index is 12.1. The van der Waals surface area contributed by atoms with Crippen molar-refractivity contribution in [1.29, 1.82) is 0 Å². The zero-order valence-corrected chi connectivity index (χ0v) is 21.5. The average Bonchev–Trinajstić information content (AvgIpc) is 2.89. The van der Waals surface area contributed by atoms with E-state index in [1.807, 2.05) is 61.5 Å². The van der Waals surface area contributed by atoms with Gasteiger partial charge in [-0.05, 0) is 79.8 Å². The molecule has 0 fully saturated rings. The Balaban J connectivity index is 1.56. The first kappa shape index (κ1) is 26.9. The van der Waals surface area contributed by atoms with Crippen molar-refractivity contribution in [3.8, 4) is 16.9 Å². The van der Waals surface area contributed by atoms with Crippen LogP contribution < -0.4 is 4.74 Å². The summed E-state index contributed by atoms with van der Waals surface area (Å²) >= 11 is 0. The molecule has 0 aromatic heterocycles. The van der Waals surface area contributed by atoms with Gasteiger partial charge >= 0.3 is 5.97 Å². The summed E-state index contributed by atoms with van der Waals surface area (Å²) in [6.07, 6.45) is 1.91. The van der Waals surface area contributed by atoms with Gasteiger partial charge in [-0.25, -0.2) is 4.79 Å². The van der Waals surface area contributed by atoms with E-state index in [-0.39, 0.29) is 11.8 Å². The molecule has 0 aliphatic carbocycles. The lowest BCUT2D eigenvalue weighted by Gasteiger charge is -2.15. The molecule has 0 bridgehead atoms. The van der Waals surface area contributed by atoms with Crippen molar-refractivity contribution in [3.05, 3.63) is 95.6 Å². The number of ketones is 1. The summed E-state index contributed by atoms with van der Waals surface area (Å²) in [7, 11) is 0. The van der Waals surface area contributed by atoms with E-state index < -0.39 is 6.10 Å². The molecule has 0 saturated heterocycles. The second kappa shape index (κ2) is 13.4. The lowest BCUT2D eigenvalue weighted by molar-refractivity contribution is -0.156. The van der Waals surface area contributed by atoms with Gasteiger partial charge in [-0.3, -0.25) is 4.79 Å². The molecule has 0 saturated carbocycles. The van der Waals surface area contributed by atoms with E-state index in [1.165, 1.54) is 0 Å². The molecule has 0 N–H and O–H groups in total. The molecular weight excluding hydrogens is 452 g/mol. The highest BCUT2D eigenvalue weighted by molar-refractivity contribution is 5.95. The Morgan fingerprint density at radius 3 is 2.19 bits per heavy atom. The molecule has 0 unspecified atom stereocenters. The number of esters is 1. The quantitative estimate of drug-likeness (QED) is 0.215. The first-order valence-corrected chi connectivity index (χ1v) is 12.3. The first-order valence-electron chi connectivity index (χ1n) is 12.3. The Labute approximate surface area is 213 Å². The summed E-state index contributed by atoms with van der Waals surface area (Å²) < 4.78 is 16.5. The standard InChI is InChI=1S/C31H34O5/c1-5-34-30(31(33)35-6-2)20-24-10-16-29(17-11-24)36-19-18-22(3)25-12-14-26(15-13-25)28-9-7-8-27(21-28)23(4)32/h7-18,21,30H,5-6,19-20H2,1-4H3/t30-/m0/s1. The highest BCUT2D eigenvalue weighted by atomic mass is 16.6. The van der Waals surface area contributed by atoms with Crippen LogP contribution in [0.3, 0.4) is 0 Å². The smallest absolute Gasteiger partial charge is 0.335 e. The zero-order valence-electron chi connectivity index (χ0n) is 21.5. The van der Waals surface area contributed by atoms with Crippen LogP contribution >= 0.6 is 0 Å². The van der Waals surface area contributed by atoms with Crippen molar-refractivity contribution in [2.45, 2.75) is 40.2 Å². The molecule has 5 nitrogen and oxygen atoms in total. The maximum absolute atomic E-state index is 12.1. The number of Topliss-reactive ketones (excluding diaryl/α,β-unsaturated/α-hetero) is 1. The van der Waals surface area contributed by atoms with Crippen LogP contribution in [0.1, 0.15) is 49.2 Å². The van der Waals surface area contributed by atoms with Crippen LogP contribution in [0.25, 0.3) is 16.7 Å². The number of hydrogen-bond donors (Lipinski definition) is 0. The fraction of sp³-hybridized carbons (Fsp3) is 0.290. The maximum Gasteiger partial charge on any atom is 0.335 e. The fourth-order valence-corrected chi connectivity index (χ4v) is 3.81. The summed E-state index contributed by atoms with van der Waals surface area (Å²) in [5.74, 6) is 0.485. The van der Waals surface area contributed by atoms with Crippen LogP contribution in [0, 0.1) is 0 Å². The molecule has 188 valence electrons. The van der Waals surface area contributed by atoms with Gasteiger partial charge in [0, 0.05) is 18.6 Å². The molecule has 3 aromatic carbocycles. The average molecular weight is 487 g/mol. The van der Waals surface area contributed by atoms with E-state index >= 15 is 0 Å². The zero-order chi connectivity index (χ0) is 25.9. The highest BCUT2D eigenvalue weighted by Gasteiger charge is 2.20. The largest absolute Gasteiger partial charge is 0.490 e. The first-order chi connectivity index (χ1) is 17.4. The number of carbonyl (C=O) groups is 2. The molecule has 3 aromatic rings. The predicted molar refractivity (Wildman–Crippen MR) is 143 cm³/mol. The van der Waals surface area contributed by atoms with Gasteiger partial charge in [0.2, 0.25) is 0 Å². The normalized spacial score (nSPS) is 12.2. The Kier molecular flexibility index (Phi) is 10.0. The molecule has 5 heteroatoms. The fourth-order valence-electron chi connectivity index (χ4n) is 3.81. The lowest BCUT2D eigenvalue weighted by Crippen LogP contribution is -2.28. The van der Waals surface area contributed by atoms with Gasteiger partial charge in [-0.15, -0.1) is 0 Å². The Morgan fingerprint density at radius 2 is 1.56 bits per heavy atom. The third kappa shape index (κ3) is 7.65. The van der Waals surface area contributed by atoms with Gasteiger partial charge in [0.15, 0.2) is 11.9 Å². The van der Waals surface area contributed by atoms with Crippen molar-refractivity contribution >= 4 is 17.3 Å². The third-order valence-electron chi connectivity index (χ3n) is 5.84. The van der Waals surface area contributed by atoms with Crippen molar-refractivity contribution in [2.24, 2.45) is 0 Å². The van der Waals surface area contributed by atoms with E-state index in [9.17, 15) is 9.59 Å². The van der Waals surface area contributed by atoms with Crippen LogP contribution in [0.2, 0.25) is 0 Å².